The number of phenolic OH excluding ortho intramolecular Hbond substituents is 1. The van der Waals surface area contributed by atoms with Gasteiger partial charge in [-0.05, 0) is 13.0 Å². The average Bonchev–Trinajstić information content (AvgIpc) is 2.22. The number of aromatic hydroxyl groups is 1. The molecule has 0 spiro atoms. The van der Waals surface area contributed by atoms with Gasteiger partial charge in [0, 0.05) is 19.7 Å². The zero-order valence-corrected chi connectivity index (χ0v) is 9.97. The van der Waals surface area contributed by atoms with Gasteiger partial charge in [0.1, 0.15) is 5.75 Å². The molecule has 1 rings (SSSR count). The molecule has 88 valence electrons. The normalized spacial score (nSPS) is 10.2. The van der Waals surface area contributed by atoms with Crippen molar-refractivity contribution in [2.45, 2.75) is 6.92 Å². The van der Waals surface area contributed by atoms with Gasteiger partial charge in [0.15, 0.2) is 5.78 Å². The van der Waals surface area contributed by atoms with Gasteiger partial charge in [0.25, 0.3) is 0 Å². The molecule has 0 amide bonds. The Labute approximate surface area is 99.2 Å². The first-order valence-electron chi connectivity index (χ1n) is 4.82. The molecule has 16 heavy (non-hydrogen) atoms. The van der Waals surface area contributed by atoms with E-state index in [0.717, 1.165) is 0 Å². The van der Waals surface area contributed by atoms with Crippen molar-refractivity contribution in [3.05, 3.63) is 22.7 Å². The first-order chi connectivity index (χ1) is 7.56. The molecule has 0 unspecified atom stereocenters. The molecule has 0 saturated carbocycles. The highest BCUT2D eigenvalue weighted by atomic mass is 35.5. The Bertz CT molecular complexity index is 393. The Morgan fingerprint density at radius 1 is 1.56 bits per heavy atom. The highest BCUT2D eigenvalue weighted by Crippen LogP contribution is 2.30. The van der Waals surface area contributed by atoms with Crippen LogP contribution in [0.3, 0.4) is 0 Å². The fourth-order valence-corrected chi connectivity index (χ4v) is 1.50. The van der Waals surface area contributed by atoms with E-state index in [-0.39, 0.29) is 17.1 Å². The molecular weight excluding hydrogens is 230 g/mol. The number of hydrogen-bond acceptors (Lipinski definition) is 4. The maximum Gasteiger partial charge on any atom is 0.163 e. The van der Waals surface area contributed by atoms with E-state index >= 15 is 0 Å². The molecule has 0 fully saturated rings. The summed E-state index contributed by atoms with van der Waals surface area (Å²) >= 11 is 5.96. The number of anilines is 1. The number of rotatable bonds is 5. The van der Waals surface area contributed by atoms with Crippen LogP contribution in [0.2, 0.25) is 5.02 Å². The van der Waals surface area contributed by atoms with Crippen molar-refractivity contribution in [3.63, 3.8) is 0 Å². The van der Waals surface area contributed by atoms with Crippen LogP contribution in [0, 0.1) is 0 Å². The van der Waals surface area contributed by atoms with Gasteiger partial charge in [0.2, 0.25) is 0 Å². The van der Waals surface area contributed by atoms with Gasteiger partial charge in [-0.1, -0.05) is 11.6 Å². The minimum Gasteiger partial charge on any atom is -0.507 e. The highest BCUT2D eigenvalue weighted by molar-refractivity contribution is 6.33. The Kier molecular flexibility index (Phi) is 4.58. The molecular formula is C11H14ClNO3. The van der Waals surface area contributed by atoms with Crippen molar-refractivity contribution < 1.29 is 14.6 Å². The van der Waals surface area contributed by atoms with Crippen molar-refractivity contribution in [1.29, 1.82) is 0 Å². The molecule has 0 aliphatic heterocycles. The standard InChI is InChI=1S/C11H14ClNO3/c1-7(14)8-5-9(12)10(6-11(8)15)13-3-4-16-2/h5-6,13,15H,3-4H2,1-2H3. The summed E-state index contributed by atoms with van der Waals surface area (Å²) < 4.78 is 4.87. The van der Waals surface area contributed by atoms with Crippen molar-refractivity contribution in [1.82, 2.24) is 0 Å². The summed E-state index contributed by atoms with van der Waals surface area (Å²) in [7, 11) is 1.60. The topological polar surface area (TPSA) is 58.6 Å². The Balaban J connectivity index is 2.88. The van der Waals surface area contributed by atoms with Crippen molar-refractivity contribution in [3.8, 4) is 5.75 Å². The molecule has 0 aromatic heterocycles. The lowest BCUT2D eigenvalue weighted by atomic mass is 10.1. The van der Waals surface area contributed by atoms with Gasteiger partial charge >= 0.3 is 0 Å². The van der Waals surface area contributed by atoms with Crippen molar-refractivity contribution in [2.24, 2.45) is 0 Å². The van der Waals surface area contributed by atoms with E-state index in [1.165, 1.54) is 19.1 Å². The summed E-state index contributed by atoms with van der Waals surface area (Å²) in [6, 6.07) is 2.89. The van der Waals surface area contributed by atoms with Crippen LogP contribution >= 0.6 is 11.6 Å². The molecule has 0 saturated heterocycles. The summed E-state index contributed by atoms with van der Waals surface area (Å²) in [6.45, 7) is 2.49. The number of nitrogens with one attached hydrogen (secondary N) is 1. The lowest BCUT2D eigenvalue weighted by Gasteiger charge is -2.10. The van der Waals surface area contributed by atoms with Gasteiger partial charge in [-0.3, -0.25) is 4.79 Å². The minimum atomic E-state index is -0.220. The largest absolute Gasteiger partial charge is 0.507 e. The summed E-state index contributed by atoms with van der Waals surface area (Å²) in [6.07, 6.45) is 0. The van der Waals surface area contributed by atoms with Gasteiger partial charge < -0.3 is 15.2 Å². The lowest BCUT2D eigenvalue weighted by Crippen LogP contribution is -2.08. The lowest BCUT2D eigenvalue weighted by molar-refractivity contribution is 0.101. The first-order valence-corrected chi connectivity index (χ1v) is 5.20. The average molecular weight is 244 g/mol. The van der Waals surface area contributed by atoms with E-state index in [4.69, 9.17) is 16.3 Å². The molecule has 5 heteroatoms. The molecule has 0 aliphatic carbocycles. The molecule has 0 aliphatic rings. The third-order valence-corrected chi connectivity index (χ3v) is 2.40. The predicted octanol–water partition coefficient (Wildman–Crippen LogP) is 2.31. The summed E-state index contributed by atoms with van der Waals surface area (Å²) in [5.74, 6) is -0.292. The number of carbonyl (C=O) groups is 1. The number of benzene rings is 1. The second-order valence-electron chi connectivity index (χ2n) is 3.32. The molecule has 0 radical (unpaired) electrons. The number of Topliss-reactive ketones (excluding diaryl/α,β-unsaturated/α-hetero) is 1. The number of ether oxygens (including phenoxy) is 1. The Hall–Kier alpha value is -1.26. The van der Waals surface area contributed by atoms with E-state index in [9.17, 15) is 9.90 Å². The first kappa shape index (κ1) is 12.8. The zero-order chi connectivity index (χ0) is 12.1. The van der Waals surface area contributed by atoms with Crippen LogP contribution < -0.4 is 5.32 Å². The number of halogens is 1. The van der Waals surface area contributed by atoms with Gasteiger partial charge in [-0.2, -0.15) is 0 Å². The Morgan fingerprint density at radius 3 is 2.81 bits per heavy atom. The number of methoxy groups -OCH3 is 1. The molecule has 1 aromatic carbocycles. The van der Waals surface area contributed by atoms with Crippen molar-refractivity contribution in [2.75, 3.05) is 25.6 Å². The number of phenols is 1. The van der Waals surface area contributed by atoms with Crippen LogP contribution in [-0.4, -0.2) is 31.2 Å². The monoisotopic (exact) mass is 243 g/mol. The number of ketones is 1. The third-order valence-electron chi connectivity index (χ3n) is 2.09. The molecule has 4 nitrogen and oxygen atoms in total. The fraction of sp³-hybridized carbons (Fsp3) is 0.364. The van der Waals surface area contributed by atoms with E-state index < -0.39 is 0 Å². The zero-order valence-electron chi connectivity index (χ0n) is 9.21. The molecule has 2 N–H and O–H groups in total. The van der Waals surface area contributed by atoms with Gasteiger partial charge in [-0.15, -0.1) is 0 Å². The van der Waals surface area contributed by atoms with Crippen LogP contribution in [0.25, 0.3) is 0 Å². The van der Waals surface area contributed by atoms with Crippen LogP contribution in [-0.2, 0) is 4.74 Å². The predicted molar refractivity (Wildman–Crippen MR) is 63.5 cm³/mol. The van der Waals surface area contributed by atoms with E-state index in [1.54, 1.807) is 7.11 Å². The summed E-state index contributed by atoms with van der Waals surface area (Å²) in [5, 5.41) is 13.0. The van der Waals surface area contributed by atoms with Crippen LogP contribution in [0.1, 0.15) is 17.3 Å². The maximum atomic E-state index is 11.1. The number of carbonyl (C=O) groups excluding carboxylic acids is 1. The summed E-state index contributed by atoms with van der Waals surface area (Å²) in [4.78, 5) is 11.1. The molecule has 1 aromatic rings. The molecule has 0 heterocycles. The number of hydrogen-bond donors (Lipinski definition) is 2. The molecule has 0 bridgehead atoms. The van der Waals surface area contributed by atoms with Gasteiger partial charge in [0.05, 0.1) is 22.9 Å². The minimum absolute atomic E-state index is 0.0724. The molecule has 0 atom stereocenters. The smallest absolute Gasteiger partial charge is 0.163 e. The third kappa shape index (κ3) is 3.12. The van der Waals surface area contributed by atoms with Crippen molar-refractivity contribution >= 4 is 23.1 Å². The van der Waals surface area contributed by atoms with Crippen LogP contribution in [0.15, 0.2) is 12.1 Å². The van der Waals surface area contributed by atoms with Crippen LogP contribution in [0.5, 0.6) is 5.75 Å². The second-order valence-corrected chi connectivity index (χ2v) is 3.73. The van der Waals surface area contributed by atoms with E-state index in [1.807, 2.05) is 0 Å². The van der Waals surface area contributed by atoms with Gasteiger partial charge in [-0.25, -0.2) is 0 Å². The van der Waals surface area contributed by atoms with Crippen LogP contribution in [0.4, 0.5) is 5.69 Å². The highest BCUT2D eigenvalue weighted by Gasteiger charge is 2.10. The summed E-state index contributed by atoms with van der Waals surface area (Å²) in [5.41, 5.74) is 0.809. The maximum absolute atomic E-state index is 11.1. The van der Waals surface area contributed by atoms with E-state index in [2.05, 4.69) is 5.32 Å². The quantitative estimate of drug-likeness (QED) is 0.616. The SMILES string of the molecule is COCCNc1cc(O)c(C(C)=O)cc1Cl. The fourth-order valence-electron chi connectivity index (χ4n) is 1.27. The van der Waals surface area contributed by atoms with E-state index in [0.29, 0.717) is 23.9 Å². The Morgan fingerprint density at radius 2 is 2.25 bits per heavy atom. The second kappa shape index (κ2) is 5.72.